The van der Waals surface area contributed by atoms with Gasteiger partial charge in [-0.1, -0.05) is 22.0 Å². The largest absolute Gasteiger partial charge is 0.484 e. The van der Waals surface area contributed by atoms with Crippen molar-refractivity contribution in [2.24, 2.45) is 0 Å². The molecule has 2 N–H and O–H groups in total. The Morgan fingerprint density at radius 2 is 1.94 bits per heavy atom. The van der Waals surface area contributed by atoms with Gasteiger partial charge in [0.05, 0.1) is 5.69 Å². The fraction of sp³-hybridized carbons (Fsp3) is 0.0769. The van der Waals surface area contributed by atoms with Crippen molar-refractivity contribution in [3.63, 3.8) is 0 Å². The van der Waals surface area contributed by atoms with E-state index in [1.165, 1.54) is 24.3 Å². The molecule has 0 heterocycles. The molecule has 2 aromatic carbocycles. The molecular formula is C13H10BrF2NO. The first-order chi connectivity index (χ1) is 8.58. The van der Waals surface area contributed by atoms with Gasteiger partial charge in [-0.2, -0.15) is 0 Å². The molecule has 0 aliphatic carbocycles. The Labute approximate surface area is 112 Å². The summed E-state index contributed by atoms with van der Waals surface area (Å²) in [7, 11) is 0. The lowest BCUT2D eigenvalue weighted by Gasteiger charge is -2.10. The summed E-state index contributed by atoms with van der Waals surface area (Å²) in [5.41, 5.74) is 6.39. The van der Waals surface area contributed by atoms with E-state index in [4.69, 9.17) is 10.5 Å². The molecule has 0 bridgehead atoms. The molecule has 2 rings (SSSR count). The van der Waals surface area contributed by atoms with Gasteiger partial charge < -0.3 is 10.5 Å². The predicted octanol–water partition coefficient (Wildman–Crippen LogP) is 3.89. The van der Waals surface area contributed by atoms with E-state index in [2.05, 4.69) is 15.9 Å². The zero-order valence-electron chi connectivity index (χ0n) is 9.29. The van der Waals surface area contributed by atoms with E-state index in [1.54, 1.807) is 12.1 Å². The summed E-state index contributed by atoms with van der Waals surface area (Å²) in [4.78, 5) is 0. The average Bonchev–Trinajstić information content (AvgIpc) is 2.33. The highest BCUT2D eigenvalue weighted by atomic mass is 79.9. The maximum Gasteiger partial charge on any atom is 0.178 e. The molecule has 0 unspecified atom stereocenters. The van der Waals surface area contributed by atoms with Gasteiger partial charge in [0, 0.05) is 10.0 Å². The third-order valence-corrected chi connectivity index (χ3v) is 3.15. The molecule has 0 aromatic heterocycles. The van der Waals surface area contributed by atoms with Gasteiger partial charge in [-0.05, 0) is 30.3 Å². The standard InChI is InChI=1S/C13H10BrF2NO/c14-10-5-4-9(15)6-8(10)7-18-13-11(16)2-1-3-12(13)17/h1-6H,7,17H2. The summed E-state index contributed by atoms with van der Waals surface area (Å²) in [5, 5.41) is 0. The molecule has 0 radical (unpaired) electrons. The van der Waals surface area contributed by atoms with Crippen molar-refractivity contribution >= 4 is 21.6 Å². The van der Waals surface area contributed by atoms with Crippen molar-refractivity contribution in [1.82, 2.24) is 0 Å². The summed E-state index contributed by atoms with van der Waals surface area (Å²) in [6, 6.07) is 8.51. The van der Waals surface area contributed by atoms with Crippen LogP contribution in [0.2, 0.25) is 0 Å². The van der Waals surface area contributed by atoms with Crippen molar-refractivity contribution in [2.45, 2.75) is 6.61 Å². The Bertz CT molecular complexity index is 555. The highest BCUT2D eigenvalue weighted by molar-refractivity contribution is 9.10. The molecule has 2 nitrogen and oxygen atoms in total. The molecule has 0 aliphatic heterocycles. The smallest absolute Gasteiger partial charge is 0.178 e. The topological polar surface area (TPSA) is 35.2 Å². The van der Waals surface area contributed by atoms with Gasteiger partial charge in [0.25, 0.3) is 0 Å². The second-order valence-corrected chi connectivity index (χ2v) is 4.54. The third kappa shape index (κ3) is 2.79. The molecule has 5 heteroatoms. The van der Waals surface area contributed by atoms with E-state index in [1.807, 2.05) is 0 Å². The molecule has 0 fully saturated rings. The number of nitrogens with two attached hydrogens (primary N) is 1. The van der Waals surface area contributed by atoms with Crippen LogP contribution in [0, 0.1) is 11.6 Å². The van der Waals surface area contributed by atoms with Crippen LogP contribution in [0.15, 0.2) is 40.9 Å². The van der Waals surface area contributed by atoms with Crippen molar-refractivity contribution in [2.75, 3.05) is 5.73 Å². The van der Waals surface area contributed by atoms with Crippen molar-refractivity contribution < 1.29 is 13.5 Å². The molecule has 0 saturated carbocycles. The lowest BCUT2D eigenvalue weighted by molar-refractivity contribution is 0.291. The molecular weight excluding hydrogens is 304 g/mol. The highest BCUT2D eigenvalue weighted by Gasteiger charge is 2.09. The van der Waals surface area contributed by atoms with Gasteiger partial charge in [-0.3, -0.25) is 0 Å². The Morgan fingerprint density at radius 3 is 2.67 bits per heavy atom. The number of hydrogen-bond acceptors (Lipinski definition) is 2. The number of ether oxygens (including phenoxy) is 1. The van der Waals surface area contributed by atoms with E-state index in [0.717, 1.165) is 0 Å². The van der Waals surface area contributed by atoms with E-state index in [9.17, 15) is 8.78 Å². The minimum Gasteiger partial charge on any atom is -0.484 e. The van der Waals surface area contributed by atoms with Crippen LogP contribution >= 0.6 is 15.9 Å². The Morgan fingerprint density at radius 1 is 1.17 bits per heavy atom. The van der Waals surface area contributed by atoms with Crippen LogP contribution in [0.4, 0.5) is 14.5 Å². The molecule has 2 aromatic rings. The first-order valence-electron chi connectivity index (χ1n) is 5.18. The normalized spacial score (nSPS) is 10.4. The summed E-state index contributed by atoms with van der Waals surface area (Å²) >= 11 is 3.27. The average molecular weight is 314 g/mol. The molecule has 94 valence electrons. The summed E-state index contributed by atoms with van der Waals surface area (Å²) in [6.07, 6.45) is 0. The molecule has 0 aliphatic rings. The molecule has 0 saturated heterocycles. The number of benzene rings is 2. The maximum absolute atomic E-state index is 13.4. The van der Waals surface area contributed by atoms with Gasteiger partial charge in [-0.15, -0.1) is 0 Å². The zero-order chi connectivity index (χ0) is 13.1. The van der Waals surface area contributed by atoms with Crippen LogP contribution in [0.1, 0.15) is 5.56 Å². The number of hydrogen-bond donors (Lipinski definition) is 1. The highest BCUT2D eigenvalue weighted by Crippen LogP contribution is 2.27. The number of nitrogen functional groups attached to an aromatic ring is 1. The van der Waals surface area contributed by atoms with Gasteiger partial charge in [-0.25, -0.2) is 8.78 Å². The molecule has 0 amide bonds. The van der Waals surface area contributed by atoms with Crippen LogP contribution in [0.3, 0.4) is 0 Å². The third-order valence-electron chi connectivity index (χ3n) is 2.38. The number of anilines is 1. The lowest BCUT2D eigenvalue weighted by atomic mass is 10.2. The number of rotatable bonds is 3. The first-order valence-corrected chi connectivity index (χ1v) is 5.98. The van der Waals surface area contributed by atoms with Gasteiger partial charge in [0.2, 0.25) is 0 Å². The van der Waals surface area contributed by atoms with Crippen LogP contribution in [0.5, 0.6) is 5.75 Å². The van der Waals surface area contributed by atoms with E-state index < -0.39 is 5.82 Å². The fourth-order valence-corrected chi connectivity index (χ4v) is 1.84. The Balaban J connectivity index is 2.19. The van der Waals surface area contributed by atoms with Crippen molar-refractivity contribution in [3.05, 3.63) is 58.1 Å². The number of halogens is 3. The van der Waals surface area contributed by atoms with Crippen molar-refractivity contribution in [3.8, 4) is 5.75 Å². The van der Waals surface area contributed by atoms with E-state index in [0.29, 0.717) is 10.0 Å². The van der Waals surface area contributed by atoms with Crippen LogP contribution in [-0.2, 0) is 6.61 Å². The van der Waals surface area contributed by atoms with Crippen LogP contribution in [0.25, 0.3) is 0 Å². The van der Waals surface area contributed by atoms with Crippen molar-refractivity contribution in [1.29, 1.82) is 0 Å². The van der Waals surface area contributed by atoms with Gasteiger partial charge in [0.15, 0.2) is 11.6 Å². The minimum absolute atomic E-state index is 0.0198. The SMILES string of the molecule is Nc1cccc(F)c1OCc1cc(F)ccc1Br. The minimum atomic E-state index is -0.539. The summed E-state index contributed by atoms with van der Waals surface area (Å²) < 4.78 is 32.5. The second-order valence-electron chi connectivity index (χ2n) is 3.68. The molecule has 0 spiro atoms. The Kier molecular flexibility index (Phi) is 3.81. The summed E-state index contributed by atoms with van der Waals surface area (Å²) in [5.74, 6) is -0.936. The maximum atomic E-state index is 13.4. The molecule has 18 heavy (non-hydrogen) atoms. The van der Waals surface area contributed by atoms with Gasteiger partial charge in [0.1, 0.15) is 12.4 Å². The van der Waals surface area contributed by atoms with Gasteiger partial charge >= 0.3 is 0 Å². The predicted molar refractivity (Wildman–Crippen MR) is 69.2 cm³/mol. The Hall–Kier alpha value is -1.62. The fourth-order valence-electron chi connectivity index (χ4n) is 1.48. The quantitative estimate of drug-likeness (QED) is 0.873. The molecule has 0 atom stereocenters. The lowest BCUT2D eigenvalue weighted by Crippen LogP contribution is -2.02. The van der Waals surface area contributed by atoms with Crippen LogP contribution < -0.4 is 10.5 Å². The zero-order valence-corrected chi connectivity index (χ0v) is 10.9. The second kappa shape index (κ2) is 5.35. The summed E-state index contributed by atoms with van der Waals surface area (Å²) in [6.45, 7) is 0.0312. The van der Waals surface area contributed by atoms with Crippen LogP contribution in [-0.4, -0.2) is 0 Å². The van der Waals surface area contributed by atoms with E-state index >= 15 is 0 Å². The first kappa shape index (κ1) is 12.8. The van der Waals surface area contributed by atoms with E-state index in [-0.39, 0.29) is 23.9 Å². The number of para-hydroxylation sites is 1. The monoisotopic (exact) mass is 313 g/mol.